The van der Waals surface area contributed by atoms with Gasteiger partial charge >= 0.3 is 0 Å². The zero-order chi connectivity index (χ0) is 14.0. The molecule has 1 aliphatic rings. The van der Waals surface area contributed by atoms with Crippen LogP contribution in [0.3, 0.4) is 0 Å². The number of anilines is 1. The monoisotopic (exact) mass is 285 g/mol. The molecule has 0 aromatic heterocycles. The maximum Gasteiger partial charge on any atom is 0.243 e. The average Bonchev–Trinajstić information content (AvgIpc) is 2.37. The van der Waals surface area contributed by atoms with Crippen LogP contribution in [0.15, 0.2) is 18.2 Å². The Morgan fingerprint density at radius 1 is 1.58 bits per heavy atom. The number of carbonyl (C=O) groups excluding carboxylic acids is 2. The lowest BCUT2D eigenvalue weighted by atomic mass is 10.2. The van der Waals surface area contributed by atoms with E-state index in [2.05, 4.69) is 10.6 Å². The second kappa shape index (κ2) is 5.54. The lowest BCUT2D eigenvalue weighted by Crippen LogP contribution is -2.57. The summed E-state index contributed by atoms with van der Waals surface area (Å²) in [6.45, 7) is 0.415. The van der Waals surface area contributed by atoms with Gasteiger partial charge in [-0.1, -0.05) is 11.6 Å². The van der Waals surface area contributed by atoms with E-state index in [0.29, 0.717) is 12.2 Å². The summed E-state index contributed by atoms with van der Waals surface area (Å²) < 4.78 is 13.0. The fraction of sp³-hybridized carbons (Fsp3) is 0.333. The van der Waals surface area contributed by atoms with Gasteiger partial charge in [0.25, 0.3) is 0 Å². The number of benzene rings is 1. The van der Waals surface area contributed by atoms with Crippen LogP contribution < -0.4 is 10.6 Å². The SMILES string of the molecule is CN1CC(C(=O)Nc2ccc(F)c(Cl)c2)NCC1=O. The van der Waals surface area contributed by atoms with Gasteiger partial charge in [0.1, 0.15) is 11.9 Å². The summed E-state index contributed by atoms with van der Waals surface area (Å²) in [5.41, 5.74) is 0.415. The van der Waals surface area contributed by atoms with Crippen molar-refractivity contribution in [1.29, 1.82) is 0 Å². The Morgan fingerprint density at radius 2 is 2.32 bits per heavy atom. The zero-order valence-electron chi connectivity index (χ0n) is 10.2. The van der Waals surface area contributed by atoms with Crippen LogP contribution in [-0.2, 0) is 9.59 Å². The van der Waals surface area contributed by atoms with Crippen LogP contribution in [0.5, 0.6) is 0 Å². The Labute approximate surface area is 114 Å². The maximum absolute atomic E-state index is 13.0. The normalized spacial score (nSPS) is 19.4. The summed E-state index contributed by atoms with van der Waals surface area (Å²) in [5, 5.41) is 5.41. The standard InChI is InChI=1S/C12H13ClFN3O2/c1-17-6-10(15-5-11(17)18)12(19)16-7-2-3-9(14)8(13)4-7/h2-4,10,15H,5-6H2,1H3,(H,16,19). The van der Waals surface area contributed by atoms with Crippen molar-refractivity contribution in [3.63, 3.8) is 0 Å². The van der Waals surface area contributed by atoms with Crippen LogP contribution in [-0.4, -0.2) is 42.9 Å². The van der Waals surface area contributed by atoms with Crippen molar-refractivity contribution in [2.75, 3.05) is 25.5 Å². The Hall–Kier alpha value is -1.66. The molecular weight excluding hydrogens is 273 g/mol. The van der Waals surface area contributed by atoms with Crippen LogP contribution in [0, 0.1) is 5.82 Å². The molecule has 5 nitrogen and oxygen atoms in total. The third-order valence-electron chi connectivity index (χ3n) is 2.89. The Kier molecular flexibility index (Phi) is 4.01. The van der Waals surface area contributed by atoms with Gasteiger partial charge in [-0.3, -0.25) is 14.9 Å². The second-order valence-corrected chi connectivity index (χ2v) is 4.73. The first-order valence-corrected chi connectivity index (χ1v) is 6.08. The first-order chi connectivity index (χ1) is 8.97. The Bertz CT molecular complexity index is 524. The van der Waals surface area contributed by atoms with Gasteiger partial charge in [-0.2, -0.15) is 0 Å². The van der Waals surface area contributed by atoms with Crippen molar-refractivity contribution in [3.8, 4) is 0 Å². The summed E-state index contributed by atoms with van der Waals surface area (Å²) in [4.78, 5) is 24.7. The van der Waals surface area contributed by atoms with E-state index in [9.17, 15) is 14.0 Å². The molecule has 1 saturated heterocycles. The molecule has 2 rings (SSSR count). The number of likely N-dealkylation sites (N-methyl/N-ethyl adjacent to an activating group) is 1. The molecular formula is C12H13ClFN3O2. The molecule has 1 aromatic rings. The molecule has 1 heterocycles. The minimum atomic E-state index is -0.541. The predicted molar refractivity (Wildman–Crippen MR) is 69.5 cm³/mol. The number of hydrogen-bond donors (Lipinski definition) is 2. The van der Waals surface area contributed by atoms with Crippen molar-refractivity contribution < 1.29 is 14.0 Å². The molecule has 1 fully saturated rings. The molecule has 7 heteroatoms. The minimum absolute atomic E-state index is 0.0540. The minimum Gasteiger partial charge on any atom is -0.343 e. The number of rotatable bonds is 2. The maximum atomic E-state index is 13.0. The molecule has 0 aliphatic carbocycles. The number of hydrogen-bond acceptors (Lipinski definition) is 3. The second-order valence-electron chi connectivity index (χ2n) is 4.33. The van der Waals surface area contributed by atoms with E-state index in [-0.39, 0.29) is 23.4 Å². The smallest absolute Gasteiger partial charge is 0.243 e. The largest absolute Gasteiger partial charge is 0.343 e. The molecule has 2 N–H and O–H groups in total. The average molecular weight is 286 g/mol. The molecule has 1 unspecified atom stereocenters. The van der Waals surface area contributed by atoms with Crippen molar-refractivity contribution in [2.24, 2.45) is 0 Å². The molecule has 0 radical (unpaired) electrons. The molecule has 102 valence electrons. The van der Waals surface area contributed by atoms with Crippen molar-refractivity contribution >= 4 is 29.1 Å². The van der Waals surface area contributed by atoms with Crippen LogP contribution in [0.2, 0.25) is 5.02 Å². The highest BCUT2D eigenvalue weighted by Crippen LogP contribution is 2.19. The lowest BCUT2D eigenvalue weighted by molar-refractivity contribution is -0.133. The highest BCUT2D eigenvalue weighted by molar-refractivity contribution is 6.31. The van der Waals surface area contributed by atoms with E-state index in [0.717, 1.165) is 0 Å². The molecule has 0 spiro atoms. The van der Waals surface area contributed by atoms with Gasteiger partial charge < -0.3 is 10.2 Å². The fourth-order valence-corrected chi connectivity index (χ4v) is 1.95. The molecule has 1 aromatic carbocycles. The topological polar surface area (TPSA) is 61.4 Å². The van der Waals surface area contributed by atoms with Crippen LogP contribution >= 0.6 is 11.6 Å². The first kappa shape index (κ1) is 13.8. The highest BCUT2D eigenvalue weighted by atomic mass is 35.5. The van der Waals surface area contributed by atoms with E-state index in [1.807, 2.05) is 0 Å². The predicted octanol–water partition coefficient (Wildman–Crippen LogP) is 0.848. The van der Waals surface area contributed by atoms with E-state index >= 15 is 0 Å². The third-order valence-corrected chi connectivity index (χ3v) is 3.18. The highest BCUT2D eigenvalue weighted by Gasteiger charge is 2.27. The first-order valence-electron chi connectivity index (χ1n) is 5.70. The quantitative estimate of drug-likeness (QED) is 0.847. The Balaban J connectivity index is 2.01. The molecule has 19 heavy (non-hydrogen) atoms. The number of nitrogens with zero attached hydrogens (tertiary/aromatic N) is 1. The Morgan fingerprint density at radius 3 is 2.95 bits per heavy atom. The van der Waals surface area contributed by atoms with E-state index < -0.39 is 11.9 Å². The summed E-state index contributed by atoms with van der Waals surface area (Å²) in [7, 11) is 1.64. The van der Waals surface area contributed by atoms with Gasteiger partial charge in [-0.05, 0) is 18.2 Å². The molecule has 0 bridgehead atoms. The van der Waals surface area contributed by atoms with Crippen LogP contribution in [0.4, 0.5) is 10.1 Å². The number of nitrogens with one attached hydrogen (secondary N) is 2. The number of carbonyl (C=O) groups is 2. The molecule has 0 saturated carbocycles. The van der Waals surface area contributed by atoms with Gasteiger partial charge in [0.05, 0.1) is 11.6 Å². The lowest BCUT2D eigenvalue weighted by Gasteiger charge is -2.29. The van der Waals surface area contributed by atoms with Gasteiger partial charge in [0.2, 0.25) is 11.8 Å². The van der Waals surface area contributed by atoms with Gasteiger partial charge in [-0.25, -0.2) is 4.39 Å². The summed E-state index contributed by atoms with van der Waals surface area (Å²) in [6, 6.07) is 3.46. The third kappa shape index (κ3) is 3.21. The summed E-state index contributed by atoms with van der Waals surface area (Å²) in [6.07, 6.45) is 0. The summed E-state index contributed by atoms with van der Waals surface area (Å²) in [5.74, 6) is -0.892. The van der Waals surface area contributed by atoms with Gasteiger partial charge in [0.15, 0.2) is 0 Å². The van der Waals surface area contributed by atoms with Gasteiger partial charge in [-0.15, -0.1) is 0 Å². The van der Waals surface area contributed by atoms with E-state index in [1.165, 1.54) is 23.1 Å². The zero-order valence-corrected chi connectivity index (χ0v) is 11.0. The number of piperazine rings is 1. The van der Waals surface area contributed by atoms with Gasteiger partial charge in [0, 0.05) is 19.3 Å². The van der Waals surface area contributed by atoms with Crippen molar-refractivity contribution in [3.05, 3.63) is 29.0 Å². The fourth-order valence-electron chi connectivity index (χ4n) is 1.76. The molecule has 1 atom stereocenters. The number of amides is 2. The summed E-state index contributed by atoms with van der Waals surface area (Å²) >= 11 is 5.63. The van der Waals surface area contributed by atoms with Crippen molar-refractivity contribution in [2.45, 2.75) is 6.04 Å². The van der Waals surface area contributed by atoms with E-state index in [1.54, 1.807) is 7.05 Å². The number of halogens is 2. The van der Waals surface area contributed by atoms with Crippen LogP contribution in [0.25, 0.3) is 0 Å². The van der Waals surface area contributed by atoms with E-state index in [4.69, 9.17) is 11.6 Å². The molecule has 2 amide bonds. The molecule has 1 aliphatic heterocycles. The van der Waals surface area contributed by atoms with Crippen LogP contribution in [0.1, 0.15) is 0 Å². The van der Waals surface area contributed by atoms with Crippen molar-refractivity contribution in [1.82, 2.24) is 10.2 Å².